The van der Waals surface area contributed by atoms with Gasteiger partial charge in [0.15, 0.2) is 0 Å². The molecule has 42 heavy (non-hydrogen) atoms. The molecule has 3 aliphatic carbocycles. The Labute approximate surface area is 254 Å². The number of nitrogens with one attached hydrogen (secondary N) is 1. The predicted molar refractivity (Wildman–Crippen MR) is 164 cm³/mol. The number of amides is 1. The third-order valence-electron chi connectivity index (χ3n) is 11.0. The van der Waals surface area contributed by atoms with Gasteiger partial charge in [0, 0.05) is 29.1 Å². The van der Waals surface area contributed by atoms with E-state index in [-0.39, 0.29) is 23.4 Å². The molecular formula is C33H41ClN2O5S. The number of carbonyl (C=O) groups is 1. The second kappa shape index (κ2) is 11.0. The molecule has 5 aliphatic rings. The zero-order valence-corrected chi connectivity index (χ0v) is 25.6. The molecule has 1 unspecified atom stereocenters. The van der Waals surface area contributed by atoms with Gasteiger partial charge in [-0.2, -0.15) is 0 Å². The fourth-order valence-corrected chi connectivity index (χ4v) is 10.7. The number of benzene rings is 2. The molecule has 2 heterocycles. The number of aryl methyl sites for hydroxylation is 1. The van der Waals surface area contributed by atoms with E-state index in [1.54, 1.807) is 6.07 Å². The van der Waals surface area contributed by atoms with Crippen molar-refractivity contribution in [1.82, 2.24) is 4.72 Å². The van der Waals surface area contributed by atoms with Gasteiger partial charge in [-0.1, -0.05) is 30.5 Å². The van der Waals surface area contributed by atoms with E-state index in [9.17, 15) is 18.3 Å². The number of aliphatic hydroxyl groups excluding tert-OH is 1. The zero-order chi connectivity index (χ0) is 29.1. The summed E-state index contributed by atoms with van der Waals surface area (Å²) >= 11 is 6.40. The first-order valence-electron chi connectivity index (χ1n) is 15.8. The summed E-state index contributed by atoms with van der Waals surface area (Å²) in [5, 5.41) is 11.5. The molecule has 0 aromatic heterocycles. The predicted octanol–water partition coefficient (Wildman–Crippen LogP) is 5.61. The minimum absolute atomic E-state index is 0.0213. The first-order chi connectivity index (χ1) is 20.2. The normalized spacial score (nSPS) is 34.2. The van der Waals surface area contributed by atoms with Gasteiger partial charge in [0.05, 0.1) is 23.6 Å². The summed E-state index contributed by atoms with van der Waals surface area (Å²) in [6, 6.07) is 11.5. The molecule has 2 aromatic carbocycles. The molecule has 7 rings (SSSR count). The lowest BCUT2D eigenvalue weighted by molar-refractivity contribution is 0.00853. The average molecular weight is 613 g/mol. The van der Waals surface area contributed by atoms with E-state index >= 15 is 0 Å². The van der Waals surface area contributed by atoms with Crippen LogP contribution in [-0.2, 0) is 21.9 Å². The number of aliphatic hydroxyl groups is 1. The summed E-state index contributed by atoms with van der Waals surface area (Å²) < 4.78 is 35.8. The van der Waals surface area contributed by atoms with Gasteiger partial charge in [-0.05, 0) is 117 Å². The van der Waals surface area contributed by atoms with E-state index in [4.69, 9.17) is 16.3 Å². The summed E-state index contributed by atoms with van der Waals surface area (Å²) in [4.78, 5) is 15.8. The number of rotatable bonds is 0. The molecule has 6 atom stereocenters. The number of hydrogen-bond donors (Lipinski definition) is 2. The molecule has 2 saturated carbocycles. The van der Waals surface area contributed by atoms with Crippen molar-refractivity contribution in [2.45, 2.75) is 87.4 Å². The van der Waals surface area contributed by atoms with Crippen LogP contribution in [-0.4, -0.2) is 50.5 Å². The van der Waals surface area contributed by atoms with Gasteiger partial charge in [-0.3, -0.25) is 4.79 Å². The number of carbonyl (C=O) groups excluding carboxylic acids is 1. The van der Waals surface area contributed by atoms with Gasteiger partial charge >= 0.3 is 0 Å². The highest BCUT2D eigenvalue weighted by molar-refractivity contribution is 7.90. The van der Waals surface area contributed by atoms with Crippen LogP contribution in [0, 0.1) is 17.8 Å². The SMILES string of the molecule is O=C1NS(=O)(=O)[C@@H]2CCCC2CCC[C@H](O)[C@@H]2CC[C@H]2CN2C[C@@]3(CCCc4cc(Cl)ccc43)COc3ccc1cc32. The zero-order valence-electron chi connectivity index (χ0n) is 24.1. The quantitative estimate of drug-likeness (QED) is 0.401. The fraction of sp³-hybridized carbons (Fsp3) is 0.606. The van der Waals surface area contributed by atoms with Crippen molar-refractivity contribution in [1.29, 1.82) is 0 Å². The largest absolute Gasteiger partial charge is 0.490 e. The second-order valence-electron chi connectivity index (χ2n) is 13.5. The molecule has 2 aliphatic heterocycles. The van der Waals surface area contributed by atoms with Crippen LogP contribution in [0.15, 0.2) is 36.4 Å². The molecule has 7 nitrogen and oxygen atoms in total. The summed E-state index contributed by atoms with van der Waals surface area (Å²) in [6.45, 7) is 2.00. The first kappa shape index (κ1) is 28.5. The summed E-state index contributed by atoms with van der Waals surface area (Å²) in [7, 11) is -3.83. The number of fused-ring (bicyclic) bond motifs is 5. The molecule has 2 bridgehead atoms. The van der Waals surface area contributed by atoms with Crippen molar-refractivity contribution >= 4 is 33.2 Å². The van der Waals surface area contributed by atoms with Crippen LogP contribution in [0.3, 0.4) is 0 Å². The molecule has 0 saturated heterocycles. The smallest absolute Gasteiger partial charge is 0.264 e. The highest BCUT2D eigenvalue weighted by atomic mass is 35.5. The Hall–Kier alpha value is -2.29. The minimum Gasteiger partial charge on any atom is -0.490 e. The van der Waals surface area contributed by atoms with Crippen LogP contribution in [0.1, 0.15) is 85.7 Å². The van der Waals surface area contributed by atoms with Crippen LogP contribution in [0.5, 0.6) is 5.75 Å². The minimum atomic E-state index is -3.83. The Morgan fingerprint density at radius 2 is 1.81 bits per heavy atom. The Morgan fingerprint density at radius 1 is 0.976 bits per heavy atom. The number of hydrogen-bond acceptors (Lipinski definition) is 6. The van der Waals surface area contributed by atoms with Gasteiger partial charge < -0.3 is 14.7 Å². The molecule has 2 N–H and O–H groups in total. The van der Waals surface area contributed by atoms with Crippen molar-refractivity contribution in [3.05, 3.63) is 58.1 Å². The molecule has 226 valence electrons. The van der Waals surface area contributed by atoms with Crippen LogP contribution in [0.25, 0.3) is 0 Å². The molecule has 1 amide bonds. The number of ether oxygens (including phenoxy) is 1. The van der Waals surface area contributed by atoms with Crippen molar-refractivity contribution in [3.63, 3.8) is 0 Å². The summed E-state index contributed by atoms with van der Waals surface area (Å²) in [5.41, 5.74) is 3.45. The maximum atomic E-state index is 13.5. The summed E-state index contributed by atoms with van der Waals surface area (Å²) in [6.07, 6.45) is 9.24. The monoisotopic (exact) mass is 612 g/mol. The Bertz CT molecular complexity index is 1480. The van der Waals surface area contributed by atoms with Crippen LogP contribution < -0.4 is 14.4 Å². The second-order valence-corrected chi connectivity index (χ2v) is 15.8. The van der Waals surface area contributed by atoms with Gasteiger partial charge in [0.1, 0.15) is 5.75 Å². The number of nitrogens with zero attached hydrogens (tertiary/aromatic N) is 1. The molecular weight excluding hydrogens is 572 g/mol. The summed E-state index contributed by atoms with van der Waals surface area (Å²) in [5.74, 6) is 0.729. The van der Waals surface area contributed by atoms with Crippen LogP contribution in [0.2, 0.25) is 5.02 Å². The van der Waals surface area contributed by atoms with E-state index in [1.165, 1.54) is 11.1 Å². The standard InChI is InChI=1S/C33H41ClN2O5S/c34-25-11-13-27-22(16-25)6-3-15-33(27)19-36-18-24-9-12-26(24)29(37)7-1-4-21-5-2-8-31(21)42(39,40)35-32(38)23-10-14-30(41-20-33)28(36)17-23/h10-11,13-14,16-17,21,24,26,29,31,37H,1-9,12,15,18-20H2,(H,35,38)/t21?,24-,26+,29-,31+,33-/m0/s1. The third-order valence-corrected chi connectivity index (χ3v) is 13.1. The van der Waals surface area contributed by atoms with E-state index in [0.29, 0.717) is 36.7 Å². The third kappa shape index (κ3) is 5.11. The van der Waals surface area contributed by atoms with E-state index in [0.717, 1.165) is 81.6 Å². The van der Waals surface area contributed by atoms with Gasteiger partial charge in [0.2, 0.25) is 10.0 Å². The Balaban J connectivity index is 1.28. The van der Waals surface area contributed by atoms with E-state index in [2.05, 4.69) is 21.8 Å². The average Bonchev–Trinajstić information content (AvgIpc) is 3.37. The molecule has 1 spiro atoms. The molecule has 0 radical (unpaired) electrons. The molecule has 9 heteroatoms. The Kier molecular flexibility index (Phi) is 7.47. The lowest BCUT2D eigenvalue weighted by Crippen LogP contribution is -2.49. The fourth-order valence-electron chi connectivity index (χ4n) is 8.68. The molecule has 2 fully saturated rings. The Morgan fingerprint density at radius 3 is 2.62 bits per heavy atom. The van der Waals surface area contributed by atoms with E-state index < -0.39 is 21.2 Å². The van der Waals surface area contributed by atoms with Crippen molar-refractivity contribution in [2.24, 2.45) is 17.8 Å². The number of halogens is 1. The van der Waals surface area contributed by atoms with Crippen LogP contribution >= 0.6 is 11.6 Å². The number of sulfonamides is 1. The highest BCUT2D eigenvalue weighted by Gasteiger charge is 2.45. The van der Waals surface area contributed by atoms with Crippen LogP contribution in [0.4, 0.5) is 5.69 Å². The highest BCUT2D eigenvalue weighted by Crippen LogP contribution is 2.47. The van der Waals surface area contributed by atoms with Gasteiger partial charge in [0.25, 0.3) is 5.91 Å². The number of anilines is 1. The maximum Gasteiger partial charge on any atom is 0.264 e. The lowest BCUT2D eigenvalue weighted by Gasteiger charge is -2.46. The topological polar surface area (TPSA) is 95.9 Å². The molecule has 2 aromatic rings. The van der Waals surface area contributed by atoms with Crippen molar-refractivity contribution in [3.8, 4) is 5.75 Å². The first-order valence-corrected chi connectivity index (χ1v) is 17.7. The van der Waals surface area contributed by atoms with Gasteiger partial charge in [-0.25, -0.2) is 13.1 Å². The van der Waals surface area contributed by atoms with E-state index in [1.807, 2.05) is 18.2 Å². The van der Waals surface area contributed by atoms with Crippen molar-refractivity contribution < 1.29 is 23.1 Å². The van der Waals surface area contributed by atoms with Crippen molar-refractivity contribution in [2.75, 3.05) is 24.6 Å². The van der Waals surface area contributed by atoms with Gasteiger partial charge in [-0.15, -0.1) is 0 Å². The maximum absolute atomic E-state index is 13.5. The lowest BCUT2D eigenvalue weighted by atomic mass is 9.68.